The third kappa shape index (κ3) is 3.96. The molecule has 0 aliphatic rings. The molecule has 0 spiro atoms. The quantitative estimate of drug-likeness (QED) is 0.565. The Balaban J connectivity index is 1.63. The van der Waals surface area contributed by atoms with E-state index in [0.29, 0.717) is 17.7 Å². The SMILES string of the molecule is O=C(N[C@H](Cc1ccccc1)c1ccccc1)c1ccccc1-n1cnnn1. The van der Waals surface area contributed by atoms with Gasteiger partial charge in [0, 0.05) is 0 Å². The molecular formula is C22H19N5O. The van der Waals surface area contributed by atoms with E-state index < -0.39 is 0 Å². The van der Waals surface area contributed by atoms with Crippen LogP contribution < -0.4 is 5.32 Å². The van der Waals surface area contributed by atoms with Crippen LogP contribution in [0.4, 0.5) is 0 Å². The molecule has 0 radical (unpaired) electrons. The Bertz CT molecular complexity index is 1030. The van der Waals surface area contributed by atoms with E-state index in [1.54, 1.807) is 6.07 Å². The molecule has 0 unspecified atom stereocenters. The van der Waals surface area contributed by atoms with E-state index in [2.05, 4.69) is 33.0 Å². The Morgan fingerprint density at radius 2 is 1.57 bits per heavy atom. The molecule has 0 bridgehead atoms. The largest absolute Gasteiger partial charge is 0.345 e. The summed E-state index contributed by atoms with van der Waals surface area (Å²) in [7, 11) is 0. The fraction of sp³-hybridized carbons (Fsp3) is 0.0909. The smallest absolute Gasteiger partial charge is 0.253 e. The van der Waals surface area contributed by atoms with Crippen molar-refractivity contribution in [3.05, 3.63) is 108 Å². The van der Waals surface area contributed by atoms with Gasteiger partial charge in [0.05, 0.1) is 17.3 Å². The predicted octanol–water partition coefficient (Wildman–Crippen LogP) is 3.38. The van der Waals surface area contributed by atoms with E-state index in [-0.39, 0.29) is 11.9 Å². The first kappa shape index (κ1) is 17.6. The van der Waals surface area contributed by atoms with Crippen LogP contribution in [0.25, 0.3) is 5.69 Å². The minimum atomic E-state index is -0.170. The van der Waals surface area contributed by atoms with Crippen molar-refractivity contribution >= 4 is 5.91 Å². The molecular weight excluding hydrogens is 350 g/mol. The highest BCUT2D eigenvalue weighted by Crippen LogP contribution is 2.20. The van der Waals surface area contributed by atoms with Crippen molar-refractivity contribution < 1.29 is 4.79 Å². The summed E-state index contributed by atoms with van der Waals surface area (Å²) < 4.78 is 1.49. The highest BCUT2D eigenvalue weighted by molar-refractivity contribution is 5.98. The Morgan fingerprint density at radius 1 is 0.893 bits per heavy atom. The van der Waals surface area contributed by atoms with Crippen molar-refractivity contribution in [1.29, 1.82) is 0 Å². The number of rotatable bonds is 6. The van der Waals surface area contributed by atoms with Crippen molar-refractivity contribution in [3.63, 3.8) is 0 Å². The Kier molecular flexibility index (Phi) is 5.20. The molecule has 6 heteroatoms. The van der Waals surface area contributed by atoms with Gasteiger partial charge in [0.25, 0.3) is 5.91 Å². The molecule has 0 aliphatic heterocycles. The van der Waals surface area contributed by atoms with Gasteiger partial charge in [0.2, 0.25) is 0 Å². The molecule has 3 aromatic carbocycles. The molecule has 1 atom stereocenters. The molecule has 0 fully saturated rings. The molecule has 0 aliphatic carbocycles. The normalized spacial score (nSPS) is 11.7. The number of tetrazole rings is 1. The fourth-order valence-corrected chi connectivity index (χ4v) is 3.16. The zero-order chi connectivity index (χ0) is 19.2. The van der Waals surface area contributed by atoms with Crippen LogP contribution in [0.15, 0.2) is 91.3 Å². The van der Waals surface area contributed by atoms with Crippen LogP contribution in [-0.4, -0.2) is 26.1 Å². The van der Waals surface area contributed by atoms with E-state index in [0.717, 1.165) is 11.1 Å². The molecule has 1 heterocycles. The first-order chi connectivity index (χ1) is 13.8. The zero-order valence-electron chi connectivity index (χ0n) is 15.1. The number of hydrogen-bond donors (Lipinski definition) is 1. The second-order valence-corrected chi connectivity index (χ2v) is 6.40. The van der Waals surface area contributed by atoms with Crippen LogP contribution in [0.3, 0.4) is 0 Å². The molecule has 28 heavy (non-hydrogen) atoms. The molecule has 1 N–H and O–H groups in total. The summed E-state index contributed by atoms with van der Waals surface area (Å²) in [6, 6.07) is 27.2. The highest BCUT2D eigenvalue weighted by atomic mass is 16.1. The predicted molar refractivity (Wildman–Crippen MR) is 106 cm³/mol. The maximum Gasteiger partial charge on any atom is 0.253 e. The third-order valence-corrected chi connectivity index (χ3v) is 4.53. The Labute approximate surface area is 162 Å². The van der Waals surface area contributed by atoms with E-state index in [9.17, 15) is 4.79 Å². The first-order valence-corrected chi connectivity index (χ1v) is 9.03. The van der Waals surface area contributed by atoms with Gasteiger partial charge in [-0.1, -0.05) is 72.8 Å². The van der Waals surface area contributed by atoms with Crippen LogP contribution >= 0.6 is 0 Å². The third-order valence-electron chi connectivity index (χ3n) is 4.53. The minimum absolute atomic E-state index is 0.155. The number of para-hydroxylation sites is 1. The van der Waals surface area contributed by atoms with Gasteiger partial charge in [-0.15, -0.1) is 5.10 Å². The molecule has 1 aromatic heterocycles. The summed E-state index contributed by atoms with van der Waals surface area (Å²) in [4.78, 5) is 13.1. The van der Waals surface area contributed by atoms with E-state index >= 15 is 0 Å². The molecule has 6 nitrogen and oxygen atoms in total. The lowest BCUT2D eigenvalue weighted by Crippen LogP contribution is -2.30. The Hall–Kier alpha value is -3.80. The van der Waals surface area contributed by atoms with Crippen LogP contribution in [0.1, 0.15) is 27.5 Å². The van der Waals surface area contributed by atoms with E-state index in [1.165, 1.54) is 11.0 Å². The molecule has 0 saturated carbocycles. The van der Waals surface area contributed by atoms with E-state index in [4.69, 9.17) is 0 Å². The van der Waals surface area contributed by atoms with Crippen molar-refractivity contribution in [3.8, 4) is 5.69 Å². The maximum atomic E-state index is 13.1. The van der Waals surface area contributed by atoms with Crippen LogP contribution in [-0.2, 0) is 6.42 Å². The standard InChI is InChI=1S/C22H19N5O/c28-22(19-13-7-8-14-21(19)27-16-23-25-26-27)24-20(18-11-5-2-6-12-18)15-17-9-3-1-4-10-17/h1-14,16,20H,15H2,(H,24,28)/t20-/m1/s1. The second kappa shape index (κ2) is 8.26. The lowest BCUT2D eigenvalue weighted by Gasteiger charge is -2.20. The van der Waals surface area contributed by atoms with Crippen molar-refractivity contribution in [2.75, 3.05) is 0 Å². The number of carbonyl (C=O) groups excluding carboxylic acids is 1. The van der Waals surface area contributed by atoms with Gasteiger partial charge in [-0.25, -0.2) is 0 Å². The monoisotopic (exact) mass is 369 g/mol. The first-order valence-electron chi connectivity index (χ1n) is 9.03. The lowest BCUT2D eigenvalue weighted by molar-refractivity contribution is 0.0936. The van der Waals surface area contributed by atoms with Crippen molar-refractivity contribution in [2.45, 2.75) is 12.5 Å². The second-order valence-electron chi connectivity index (χ2n) is 6.40. The van der Waals surface area contributed by atoms with Gasteiger partial charge in [0.15, 0.2) is 0 Å². The van der Waals surface area contributed by atoms with Gasteiger partial charge >= 0.3 is 0 Å². The van der Waals surface area contributed by atoms with Crippen LogP contribution in [0, 0.1) is 0 Å². The number of amides is 1. The van der Waals surface area contributed by atoms with Gasteiger partial charge in [-0.3, -0.25) is 4.79 Å². The summed E-state index contributed by atoms with van der Waals surface area (Å²) in [6.45, 7) is 0. The zero-order valence-corrected chi connectivity index (χ0v) is 15.1. The molecule has 1 amide bonds. The fourth-order valence-electron chi connectivity index (χ4n) is 3.16. The number of nitrogens with zero attached hydrogens (tertiary/aromatic N) is 4. The average molecular weight is 369 g/mol. The van der Waals surface area contributed by atoms with Gasteiger partial charge in [0.1, 0.15) is 6.33 Å². The average Bonchev–Trinajstić information content (AvgIpc) is 3.29. The summed E-state index contributed by atoms with van der Waals surface area (Å²) in [5, 5.41) is 14.4. The number of carbonyl (C=O) groups is 1. The number of hydrogen-bond acceptors (Lipinski definition) is 4. The number of benzene rings is 3. The van der Waals surface area contributed by atoms with E-state index in [1.807, 2.05) is 66.7 Å². The van der Waals surface area contributed by atoms with Gasteiger partial charge in [-0.05, 0) is 40.1 Å². The summed E-state index contributed by atoms with van der Waals surface area (Å²) in [5.41, 5.74) is 3.37. The van der Waals surface area contributed by atoms with Crippen LogP contribution in [0.5, 0.6) is 0 Å². The topological polar surface area (TPSA) is 72.7 Å². The molecule has 138 valence electrons. The van der Waals surface area contributed by atoms with Crippen molar-refractivity contribution in [1.82, 2.24) is 25.5 Å². The van der Waals surface area contributed by atoms with Gasteiger partial charge < -0.3 is 5.32 Å². The van der Waals surface area contributed by atoms with Crippen molar-refractivity contribution in [2.24, 2.45) is 0 Å². The van der Waals surface area contributed by atoms with Gasteiger partial charge in [-0.2, -0.15) is 4.68 Å². The molecule has 0 saturated heterocycles. The minimum Gasteiger partial charge on any atom is -0.345 e. The Morgan fingerprint density at radius 3 is 2.29 bits per heavy atom. The number of aromatic nitrogens is 4. The highest BCUT2D eigenvalue weighted by Gasteiger charge is 2.19. The lowest BCUT2D eigenvalue weighted by atomic mass is 9.98. The van der Waals surface area contributed by atoms with Crippen LogP contribution in [0.2, 0.25) is 0 Å². The summed E-state index contributed by atoms with van der Waals surface area (Å²) >= 11 is 0. The number of nitrogens with one attached hydrogen (secondary N) is 1. The summed E-state index contributed by atoms with van der Waals surface area (Å²) in [6.07, 6.45) is 2.18. The maximum absolute atomic E-state index is 13.1. The molecule has 4 aromatic rings. The summed E-state index contributed by atoms with van der Waals surface area (Å²) in [5.74, 6) is -0.170. The molecule has 4 rings (SSSR count).